The summed E-state index contributed by atoms with van der Waals surface area (Å²) < 4.78 is 5.86. The largest absolute Gasteiger partial charge is 0.367 e. The van der Waals surface area contributed by atoms with Crippen LogP contribution in [0.15, 0.2) is 30.3 Å². The smallest absolute Gasteiger partial charge is 0.219 e. The van der Waals surface area contributed by atoms with Crippen LogP contribution in [0.4, 0.5) is 0 Å². The van der Waals surface area contributed by atoms with Gasteiger partial charge in [-0.15, -0.1) is 0 Å². The zero-order valence-electron chi connectivity index (χ0n) is 9.72. The fourth-order valence-corrected chi connectivity index (χ4v) is 2.06. The molecule has 0 saturated carbocycles. The Hall–Kier alpha value is -1.35. The summed E-state index contributed by atoms with van der Waals surface area (Å²) in [4.78, 5) is 13.2. The number of morpholine rings is 1. The van der Waals surface area contributed by atoms with Gasteiger partial charge in [-0.25, -0.2) is 0 Å². The summed E-state index contributed by atoms with van der Waals surface area (Å²) >= 11 is 0. The van der Waals surface area contributed by atoms with Gasteiger partial charge in [0, 0.05) is 13.5 Å². The Kier molecular flexibility index (Phi) is 3.25. The van der Waals surface area contributed by atoms with Crippen LogP contribution in [-0.2, 0) is 9.53 Å². The predicted octanol–water partition coefficient (Wildman–Crippen LogP) is 1.99. The van der Waals surface area contributed by atoms with E-state index in [1.807, 2.05) is 42.2 Å². The summed E-state index contributed by atoms with van der Waals surface area (Å²) in [7, 11) is 0. The summed E-state index contributed by atoms with van der Waals surface area (Å²) in [5.74, 6) is 0.121. The van der Waals surface area contributed by atoms with Gasteiger partial charge in [-0.1, -0.05) is 30.3 Å². The predicted molar refractivity (Wildman–Crippen MR) is 62.0 cm³/mol. The molecule has 3 nitrogen and oxygen atoms in total. The monoisotopic (exact) mass is 219 g/mol. The molecule has 1 heterocycles. The van der Waals surface area contributed by atoms with Crippen LogP contribution in [0.25, 0.3) is 0 Å². The molecule has 0 spiro atoms. The van der Waals surface area contributed by atoms with Crippen molar-refractivity contribution in [2.24, 2.45) is 0 Å². The first-order valence-corrected chi connectivity index (χ1v) is 5.62. The number of hydrogen-bond acceptors (Lipinski definition) is 2. The summed E-state index contributed by atoms with van der Waals surface area (Å²) in [5, 5.41) is 0. The average molecular weight is 219 g/mol. The number of rotatable bonds is 1. The standard InChI is InChI=1S/C13H17NO2/c1-10-8-14(11(2)15)9-13(16-10)12-6-4-3-5-7-12/h3-7,10,13H,8-9H2,1-2H3. The molecule has 1 fully saturated rings. The summed E-state index contributed by atoms with van der Waals surface area (Å²) in [6.07, 6.45) is 0.108. The summed E-state index contributed by atoms with van der Waals surface area (Å²) in [6, 6.07) is 10.1. The van der Waals surface area contributed by atoms with Gasteiger partial charge < -0.3 is 9.64 Å². The highest BCUT2D eigenvalue weighted by Crippen LogP contribution is 2.24. The second-order valence-corrected chi connectivity index (χ2v) is 4.27. The van der Waals surface area contributed by atoms with Crippen molar-refractivity contribution in [2.45, 2.75) is 26.1 Å². The fourth-order valence-electron chi connectivity index (χ4n) is 2.06. The van der Waals surface area contributed by atoms with Crippen LogP contribution in [-0.4, -0.2) is 30.0 Å². The Morgan fingerprint density at radius 1 is 1.31 bits per heavy atom. The van der Waals surface area contributed by atoms with E-state index < -0.39 is 0 Å². The molecular weight excluding hydrogens is 202 g/mol. The average Bonchev–Trinajstić information content (AvgIpc) is 2.29. The zero-order valence-corrected chi connectivity index (χ0v) is 9.72. The molecule has 2 atom stereocenters. The second kappa shape index (κ2) is 4.66. The van der Waals surface area contributed by atoms with Gasteiger partial charge in [0.05, 0.1) is 12.6 Å². The van der Waals surface area contributed by atoms with E-state index in [-0.39, 0.29) is 18.1 Å². The molecule has 1 aromatic rings. The Morgan fingerprint density at radius 3 is 2.62 bits per heavy atom. The van der Waals surface area contributed by atoms with Crippen molar-refractivity contribution in [1.29, 1.82) is 0 Å². The number of benzene rings is 1. The van der Waals surface area contributed by atoms with Crippen LogP contribution in [0.3, 0.4) is 0 Å². The molecule has 0 radical (unpaired) electrons. The van der Waals surface area contributed by atoms with Crippen molar-refractivity contribution in [3.8, 4) is 0 Å². The molecule has 1 saturated heterocycles. The lowest BCUT2D eigenvalue weighted by Crippen LogP contribution is -2.45. The van der Waals surface area contributed by atoms with Crippen molar-refractivity contribution in [3.05, 3.63) is 35.9 Å². The number of ether oxygens (including phenoxy) is 1. The maximum atomic E-state index is 11.4. The molecular formula is C13H17NO2. The minimum atomic E-state index is 0.00819. The van der Waals surface area contributed by atoms with Crippen molar-refractivity contribution < 1.29 is 9.53 Å². The Labute approximate surface area is 96.0 Å². The van der Waals surface area contributed by atoms with E-state index >= 15 is 0 Å². The quantitative estimate of drug-likeness (QED) is 0.723. The maximum absolute atomic E-state index is 11.4. The molecule has 1 aliphatic rings. The summed E-state index contributed by atoms with van der Waals surface area (Å²) in [5.41, 5.74) is 1.14. The molecule has 1 aliphatic heterocycles. The normalized spacial score (nSPS) is 25.5. The maximum Gasteiger partial charge on any atom is 0.219 e. The molecule has 1 aromatic carbocycles. The Balaban J connectivity index is 2.14. The number of amides is 1. The van der Waals surface area contributed by atoms with E-state index in [9.17, 15) is 4.79 Å². The lowest BCUT2D eigenvalue weighted by Gasteiger charge is -2.36. The first-order valence-electron chi connectivity index (χ1n) is 5.62. The highest BCUT2D eigenvalue weighted by Gasteiger charge is 2.27. The van der Waals surface area contributed by atoms with Crippen molar-refractivity contribution in [3.63, 3.8) is 0 Å². The first kappa shape index (κ1) is 11.1. The fraction of sp³-hybridized carbons (Fsp3) is 0.462. The zero-order chi connectivity index (χ0) is 11.5. The lowest BCUT2D eigenvalue weighted by atomic mass is 10.1. The van der Waals surface area contributed by atoms with Gasteiger partial charge in [0.2, 0.25) is 5.91 Å². The van der Waals surface area contributed by atoms with E-state index in [1.165, 1.54) is 0 Å². The molecule has 86 valence electrons. The van der Waals surface area contributed by atoms with Gasteiger partial charge in [0.15, 0.2) is 0 Å². The van der Waals surface area contributed by atoms with Crippen molar-refractivity contribution in [2.75, 3.05) is 13.1 Å². The minimum Gasteiger partial charge on any atom is -0.367 e. The minimum absolute atomic E-state index is 0.00819. The number of carbonyl (C=O) groups excluding carboxylic acids is 1. The molecule has 0 N–H and O–H groups in total. The van der Waals surface area contributed by atoms with Gasteiger partial charge in [-0.3, -0.25) is 4.79 Å². The molecule has 3 heteroatoms. The highest BCUT2D eigenvalue weighted by molar-refractivity contribution is 5.73. The van der Waals surface area contributed by atoms with Crippen LogP contribution in [0.1, 0.15) is 25.5 Å². The third kappa shape index (κ3) is 2.42. The van der Waals surface area contributed by atoms with Gasteiger partial charge in [0.1, 0.15) is 6.10 Å². The van der Waals surface area contributed by atoms with Crippen LogP contribution < -0.4 is 0 Å². The Morgan fingerprint density at radius 2 is 2.00 bits per heavy atom. The van der Waals surface area contributed by atoms with Gasteiger partial charge in [0.25, 0.3) is 0 Å². The van der Waals surface area contributed by atoms with E-state index in [1.54, 1.807) is 6.92 Å². The molecule has 0 aromatic heterocycles. The second-order valence-electron chi connectivity index (χ2n) is 4.27. The van der Waals surface area contributed by atoms with E-state index in [2.05, 4.69) is 0 Å². The topological polar surface area (TPSA) is 29.5 Å². The van der Waals surface area contributed by atoms with Crippen LogP contribution in [0.2, 0.25) is 0 Å². The first-order chi connectivity index (χ1) is 7.66. The molecule has 2 rings (SSSR count). The van der Waals surface area contributed by atoms with Crippen LogP contribution in [0.5, 0.6) is 0 Å². The summed E-state index contributed by atoms with van der Waals surface area (Å²) in [6.45, 7) is 4.97. The lowest BCUT2D eigenvalue weighted by molar-refractivity contribution is -0.142. The molecule has 2 unspecified atom stereocenters. The van der Waals surface area contributed by atoms with Crippen LogP contribution in [0, 0.1) is 0 Å². The van der Waals surface area contributed by atoms with Gasteiger partial charge in [-0.05, 0) is 12.5 Å². The van der Waals surface area contributed by atoms with Gasteiger partial charge >= 0.3 is 0 Å². The number of hydrogen-bond donors (Lipinski definition) is 0. The molecule has 1 amide bonds. The van der Waals surface area contributed by atoms with Crippen LogP contribution >= 0.6 is 0 Å². The van der Waals surface area contributed by atoms with Crippen molar-refractivity contribution >= 4 is 5.91 Å². The highest BCUT2D eigenvalue weighted by atomic mass is 16.5. The van der Waals surface area contributed by atoms with Crippen molar-refractivity contribution in [1.82, 2.24) is 4.90 Å². The number of nitrogens with zero attached hydrogens (tertiary/aromatic N) is 1. The Bertz CT molecular complexity index is 363. The van der Waals surface area contributed by atoms with E-state index in [0.717, 1.165) is 5.56 Å². The molecule has 0 aliphatic carbocycles. The van der Waals surface area contributed by atoms with Gasteiger partial charge in [-0.2, -0.15) is 0 Å². The van der Waals surface area contributed by atoms with E-state index in [4.69, 9.17) is 4.74 Å². The molecule has 0 bridgehead atoms. The SMILES string of the molecule is CC(=O)N1CC(C)OC(c2ccccc2)C1. The third-order valence-corrected chi connectivity index (χ3v) is 2.88. The van der Waals surface area contributed by atoms with E-state index in [0.29, 0.717) is 13.1 Å². The number of carbonyl (C=O) groups is 1. The third-order valence-electron chi connectivity index (χ3n) is 2.88. The molecule has 16 heavy (non-hydrogen) atoms.